The highest BCUT2D eigenvalue weighted by Crippen LogP contribution is 2.76. The third-order valence-corrected chi connectivity index (χ3v) is 24.0. The quantitative estimate of drug-likeness (QED) is 0.0427. The summed E-state index contributed by atoms with van der Waals surface area (Å²) in [6.07, 6.45) is -38.2. The molecule has 37 atom stereocenters. The molecule has 0 unspecified atom stereocenters. The number of allylic oxidation sites excluding steroid dienone is 2. The minimum atomic E-state index is -1.90. The van der Waals surface area contributed by atoms with Crippen molar-refractivity contribution in [2.75, 3.05) is 39.6 Å². The number of ether oxygens (including phenoxy) is 12. The summed E-state index contributed by atoms with van der Waals surface area (Å²) in [6, 6.07) is 0. The van der Waals surface area contributed by atoms with E-state index in [1.807, 2.05) is 20.8 Å². The highest BCUT2D eigenvalue weighted by Gasteiger charge is 2.72. The molecule has 6 aliphatic heterocycles. The van der Waals surface area contributed by atoms with Crippen molar-refractivity contribution in [2.24, 2.45) is 45.3 Å². The Bertz CT molecular complexity index is 2480. The van der Waals surface area contributed by atoms with Crippen molar-refractivity contribution in [1.82, 2.24) is 0 Å². The molecule has 6 heterocycles. The van der Waals surface area contributed by atoms with Crippen molar-refractivity contribution in [1.29, 1.82) is 0 Å². The summed E-state index contributed by atoms with van der Waals surface area (Å²) in [5.74, 6) is -0.715. The zero-order valence-corrected chi connectivity index (χ0v) is 54.2. The lowest BCUT2D eigenvalue weighted by molar-refractivity contribution is -0.395. The van der Waals surface area contributed by atoms with E-state index >= 15 is 0 Å². The van der Waals surface area contributed by atoms with Crippen LogP contribution < -0.4 is 0 Å². The van der Waals surface area contributed by atoms with Gasteiger partial charge in [0.15, 0.2) is 37.7 Å². The molecular formula is C63H106O30. The van der Waals surface area contributed by atoms with Crippen molar-refractivity contribution in [3.8, 4) is 0 Å². The third kappa shape index (κ3) is 13.7. The summed E-state index contributed by atoms with van der Waals surface area (Å²) in [5, 5.41) is 197. The Balaban J connectivity index is 0.837. The summed E-state index contributed by atoms with van der Waals surface area (Å²) in [4.78, 5) is 0. The van der Waals surface area contributed by atoms with Gasteiger partial charge < -0.3 is 149 Å². The predicted molar refractivity (Wildman–Crippen MR) is 313 cm³/mol. The van der Waals surface area contributed by atoms with Crippen LogP contribution in [0.3, 0.4) is 0 Å². The van der Waals surface area contributed by atoms with Crippen molar-refractivity contribution in [3.05, 3.63) is 11.6 Å². The molecule has 18 N–H and O–H groups in total. The average Bonchev–Trinajstić information content (AvgIpc) is 1.65. The second-order valence-corrected chi connectivity index (χ2v) is 30.0. The molecular weight excluding hydrogens is 1240 g/mol. The van der Waals surface area contributed by atoms with Gasteiger partial charge in [-0.05, 0) is 124 Å². The van der Waals surface area contributed by atoms with Gasteiger partial charge in [0.1, 0.15) is 128 Å². The Hall–Kier alpha value is -1.46. The fourth-order valence-corrected chi connectivity index (χ4v) is 18.3. The van der Waals surface area contributed by atoms with E-state index < -0.39 is 226 Å². The number of hydrogen-bond acceptors (Lipinski definition) is 30. The van der Waals surface area contributed by atoms with Crippen LogP contribution in [0.1, 0.15) is 113 Å². The second kappa shape index (κ2) is 28.9. The van der Waals surface area contributed by atoms with Crippen LogP contribution in [0, 0.1) is 45.3 Å². The zero-order chi connectivity index (χ0) is 67.9. The van der Waals surface area contributed by atoms with Crippen LogP contribution in [0.4, 0.5) is 0 Å². The van der Waals surface area contributed by atoms with Crippen LogP contribution in [0.5, 0.6) is 0 Å². The lowest BCUT2D eigenvalue weighted by Crippen LogP contribution is -2.68. The number of aliphatic hydroxyl groups excluding tert-OH is 18. The first-order chi connectivity index (χ1) is 43.7. The highest BCUT2D eigenvalue weighted by molar-refractivity contribution is 5.21. The molecule has 538 valence electrons. The highest BCUT2D eigenvalue weighted by atomic mass is 16.8. The van der Waals surface area contributed by atoms with E-state index in [1.54, 1.807) is 0 Å². The van der Waals surface area contributed by atoms with E-state index in [1.165, 1.54) is 0 Å². The van der Waals surface area contributed by atoms with Gasteiger partial charge in [-0.3, -0.25) is 0 Å². The van der Waals surface area contributed by atoms with Crippen LogP contribution in [0.2, 0.25) is 0 Å². The molecule has 10 fully saturated rings. The van der Waals surface area contributed by atoms with Crippen molar-refractivity contribution in [2.45, 2.75) is 297 Å². The molecule has 93 heavy (non-hydrogen) atoms. The minimum absolute atomic E-state index is 0.0258. The molecule has 0 amide bonds. The van der Waals surface area contributed by atoms with Gasteiger partial charge in [0.25, 0.3) is 0 Å². The number of fused-ring (bicyclic) bond motifs is 5. The number of aliphatic hydroxyl groups is 18. The van der Waals surface area contributed by atoms with Gasteiger partial charge in [-0.2, -0.15) is 0 Å². The van der Waals surface area contributed by atoms with Crippen molar-refractivity contribution >= 4 is 0 Å². The zero-order valence-electron chi connectivity index (χ0n) is 54.2. The lowest BCUT2D eigenvalue weighted by atomic mass is 9.35. The van der Waals surface area contributed by atoms with Gasteiger partial charge in [0, 0.05) is 0 Å². The van der Waals surface area contributed by atoms with E-state index in [0.717, 1.165) is 18.4 Å². The largest absolute Gasteiger partial charge is 0.394 e. The SMILES string of the molecule is CC(C)=CCC[C@](C)(O[C@@H]1O[C@@H](CO[C@@H]2OC[C@H](O[C@@H]3OC[C@@H](O)[C@@H](O)[C@H]3O)[C@H](O)[C@@H]2O)[C@@H](O)[C@H](O)[C@H]1O)[C@@H]1CC[C@]2(C)[C@H]1[C@@H](O)C[C@H]1[C@]3(C)CC[C@H](O[C@@H]4O[C@H](CO)[C@@H](O)[C@H](O)[C@H]4O[C@H]4O[C@H](CO)[C@@H](O)[C@H](O)[C@@H]4O[C@@H]4OC[C@@H](O)[C@H](O)[C@@H]4O)C(C)(C)[C@@H]3CC[C@@]12C. The fourth-order valence-electron chi connectivity index (χ4n) is 18.3. The molecule has 30 heteroatoms. The Morgan fingerprint density at radius 2 is 0.989 bits per heavy atom. The number of hydrogen-bond donors (Lipinski definition) is 18. The first-order valence-electron chi connectivity index (χ1n) is 33.1. The predicted octanol–water partition coefficient (Wildman–Crippen LogP) is -4.64. The maximum Gasteiger partial charge on any atom is 0.187 e. The first-order valence-corrected chi connectivity index (χ1v) is 33.1. The molecule has 10 aliphatic rings. The van der Waals surface area contributed by atoms with E-state index in [9.17, 15) is 91.9 Å². The lowest BCUT2D eigenvalue weighted by Gasteiger charge is -2.71. The first kappa shape index (κ1) is 74.2. The summed E-state index contributed by atoms with van der Waals surface area (Å²) in [5.41, 5.74) is -1.95. The maximum absolute atomic E-state index is 13.0. The van der Waals surface area contributed by atoms with Gasteiger partial charge in [-0.15, -0.1) is 0 Å². The van der Waals surface area contributed by atoms with Gasteiger partial charge in [0.05, 0.1) is 57.5 Å². The van der Waals surface area contributed by atoms with Crippen LogP contribution in [0.25, 0.3) is 0 Å². The second-order valence-electron chi connectivity index (χ2n) is 30.0. The standard InChI is InChI=1S/C63H106O30/c1-25(2)10-9-14-63(8,93-56-50(81)44(75)42(73)32(89-56)23-84-53-49(80)43(74)33(24-85-53)88-54-47(78)38(69)28(67)21-82-54)26-11-16-62(7)37(26)27(66)18-35-60(5)15-13-36(59(3,4)34(60)12-17-61(35,62)6)90-57-51(45(76)40(71)30(19-64)86-57)92-58-52(46(77)41(72)31(20-65)87-58)91-55-48(79)39(70)29(68)22-83-55/h10,26-58,64-81H,9,11-24H2,1-8H3/t26-,27+,28-,29-,30-,31-,32+,33+,34+,35+,36+,37-,38-,39+,40-,41-,42-,43+,44+,45+,46+,47-,48+,49+,50-,51-,52+,53-,54+,55+,56+,57+,58-,60-,61+,62-,63+/m1/s1. The number of rotatable bonds is 19. The summed E-state index contributed by atoms with van der Waals surface area (Å²) >= 11 is 0. The van der Waals surface area contributed by atoms with Crippen LogP contribution in [0.15, 0.2) is 11.6 Å². The average molecular weight is 1340 g/mol. The van der Waals surface area contributed by atoms with Gasteiger partial charge in [-0.25, -0.2) is 0 Å². The van der Waals surface area contributed by atoms with Crippen molar-refractivity contribution in [3.63, 3.8) is 0 Å². The van der Waals surface area contributed by atoms with E-state index in [2.05, 4.69) is 40.7 Å². The van der Waals surface area contributed by atoms with Gasteiger partial charge >= 0.3 is 0 Å². The molecule has 0 spiro atoms. The van der Waals surface area contributed by atoms with Crippen LogP contribution in [-0.4, -0.2) is 315 Å². The van der Waals surface area contributed by atoms with Gasteiger partial charge in [-0.1, -0.05) is 46.3 Å². The molecule has 4 saturated carbocycles. The third-order valence-electron chi connectivity index (χ3n) is 24.0. The normalized spacial score (nSPS) is 53.2. The smallest absolute Gasteiger partial charge is 0.187 e. The summed E-state index contributed by atoms with van der Waals surface area (Å²) < 4.78 is 72.4. The molecule has 0 aromatic heterocycles. The monoisotopic (exact) mass is 1340 g/mol. The van der Waals surface area contributed by atoms with Crippen molar-refractivity contribution < 1.29 is 149 Å². The molecule has 4 aliphatic carbocycles. The topological polar surface area (TPSA) is 475 Å². The van der Waals surface area contributed by atoms with Gasteiger partial charge in [0.2, 0.25) is 0 Å². The molecule has 0 aromatic carbocycles. The molecule has 30 nitrogen and oxygen atoms in total. The molecule has 0 aromatic rings. The Morgan fingerprint density at radius 3 is 1.57 bits per heavy atom. The Labute approximate surface area is 540 Å². The minimum Gasteiger partial charge on any atom is -0.394 e. The molecule has 0 radical (unpaired) electrons. The molecule has 6 saturated heterocycles. The Morgan fingerprint density at radius 1 is 0.484 bits per heavy atom. The Kier molecular flexibility index (Phi) is 23.1. The molecule has 10 rings (SSSR count). The molecule has 0 bridgehead atoms. The fraction of sp³-hybridized carbons (Fsp3) is 0.968. The van der Waals surface area contributed by atoms with E-state index in [0.29, 0.717) is 44.9 Å². The van der Waals surface area contributed by atoms with E-state index in [4.69, 9.17) is 56.8 Å². The van der Waals surface area contributed by atoms with E-state index in [-0.39, 0.29) is 42.3 Å². The van der Waals surface area contributed by atoms with Crippen LogP contribution >= 0.6 is 0 Å². The van der Waals surface area contributed by atoms with Crippen LogP contribution in [-0.2, 0) is 56.8 Å². The maximum atomic E-state index is 13.0. The summed E-state index contributed by atoms with van der Waals surface area (Å²) in [7, 11) is 0. The summed E-state index contributed by atoms with van der Waals surface area (Å²) in [6.45, 7) is 13.7.